The first kappa shape index (κ1) is 18.3. The van der Waals surface area contributed by atoms with Crippen molar-refractivity contribution in [3.63, 3.8) is 0 Å². The van der Waals surface area contributed by atoms with Gasteiger partial charge in [-0.1, -0.05) is 12.2 Å². The van der Waals surface area contributed by atoms with E-state index in [1.807, 2.05) is 12.2 Å². The Morgan fingerprint density at radius 2 is 1.08 bits per heavy atom. The molecule has 0 aromatic rings. The minimum Gasteiger partial charge on any atom is -0.469 e. The Labute approximate surface area is 149 Å². The summed E-state index contributed by atoms with van der Waals surface area (Å²) in [5.41, 5.74) is 4.16. The fourth-order valence-electron chi connectivity index (χ4n) is 5.26. The van der Waals surface area contributed by atoms with E-state index in [9.17, 15) is 19.2 Å². The second-order valence-corrected chi connectivity index (χ2v) is 6.86. The summed E-state index contributed by atoms with van der Waals surface area (Å²) in [6, 6.07) is 0. The predicted molar refractivity (Wildman–Crippen MR) is 85.8 cm³/mol. The third-order valence-electron chi connectivity index (χ3n) is 6.16. The number of carbonyl (C=O) groups is 4. The number of rotatable bonds is 4. The summed E-state index contributed by atoms with van der Waals surface area (Å²) in [5.74, 6) is 3.91. The highest BCUT2D eigenvalue weighted by Crippen LogP contribution is 2.64. The number of fused-ring (bicyclic) bond motifs is 1. The second-order valence-electron chi connectivity index (χ2n) is 6.86. The maximum Gasteiger partial charge on any atom is 0.310 e. The van der Waals surface area contributed by atoms with Crippen molar-refractivity contribution in [1.82, 2.24) is 10.9 Å². The van der Waals surface area contributed by atoms with Crippen molar-refractivity contribution in [2.24, 2.45) is 59.0 Å². The molecule has 0 aliphatic heterocycles. The van der Waals surface area contributed by atoms with Gasteiger partial charge in [0.15, 0.2) is 0 Å². The number of nitrogens with two attached hydrogens (primary N) is 2. The minimum absolute atomic E-state index is 0.319. The second kappa shape index (κ2) is 6.69. The van der Waals surface area contributed by atoms with Gasteiger partial charge in [0.25, 0.3) is 0 Å². The molecule has 0 saturated heterocycles. The lowest BCUT2D eigenvalue weighted by molar-refractivity contribution is -0.196. The maximum absolute atomic E-state index is 12.4. The van der Waals surface area contributed by atoms with Gasteiger partial charge < -0.3 is 9.47 Å². The van der Waals surface area contributed by atoms with E-state index in [-0.39, 0.29) is 11.8 Å². The number of esters is 2. The molecule has 142 valence electrons. The van der Waals surface area contributed by atoms with Crippen LogP contribution < -0.4 is 22.5 Å². The summed E-state index contributed by atoms with van der Waals surface area (Å²) >= 11 is 0. The number of allylic oxidation sites excluding steroid dienone is 2. The van der Waals surface area contributed by atoms with Crippen molar-refractivity contribution in [1.29, 1.82) is 0 Å². The Bertz CT molecular complexity index is 624. The zero-order chi connectivity index (χ0) is 19.2. The molecule has 2 fully saturated rings. The number of methoxy groups -OCH3 is 2. The molecule has 0 radical (unpaired) electrons. The highest BCUT2D eigenvalue weighted by Gasteiger charge is 2.70. The average Bonchev–Trinajstić information content (AvgIpc) is 2.65. The molecule has 0 heterocycles. The summed E-state index contributed by atoms with van der Waals surface area (Å²) in [7, 11) is 2.49. The third kappa shape index (κ3) is 2.32. The van der Waals surface area contributed by atoms with Gasteiger partial charge in [0.1, 0.15) is 0 Å². The van der Waals surface area contributed by atoms with Crippen LogP contribution in [-0.2, 0) is 28.7 Å². The Morgan fingerprint density at radius 1 is 0.731 bits per heavy atom. The molecular formula is C16H22N4O6. The molecule has 0 aromatic carbocycles. The number of hydrogen-bond donors (Lipinski definition) is 4. The molecule has 10 nitrogen and oxygen atoms in total. The van der Waals surface area contributed by atoms with Crippen molar-refractivity contribution in [2.75, 3.05) is 14.2 Å². The van der Waals surface area contributed by atoms with Crippen molar-refractivity contribution in [3.8, 4) is 0 Å². The standard InChI is InChI=1S/C16H22N4O6/c1-25-15(23)9-5-3-4-6(10(9)16(24)26-2)8-7(5)11(13(21)19-17)12(8)14(22)20-18/h3-12H,17-18H2,1-2H3,(H,19,21)(H,20,22)/t5-,6+,7-,8-,9+,10+,11-,12+/m1/s1. The molecule has 4 aliphatic rings. The highest BCUT2D eigenvalue weighted by molar-refractivity contribution is 5.91. The molecule has 2 amide bonds. The summed E-state index contributed by atoms with van der Waals surface area (Å²) in [4.78, 5) is 49.4. The van der Waals surface area contributed by atoms with Crippen LogP contribution in [0.5, 0.6) is 0 Å². The molecule has 4 aliphatic carbocycles. The molecule has 0 unspecified atom stereocenters. The smallest absolute Gasteiger partial charge is 0.310 e. The van der Waals surface area contributed by atoms with Crippen molar-refractivity contribution >= 4 is 23.8 Å². The van der Waals surface area contributed by atoms with Gasteiger partial charge in [-0.05, 0) is 23.7 Å². The van der Waals surface area contributed by atoms with E-state index in [4.69, 9.17) is 21.2 Å². The van der Waals surface area contributed by atoms with Crippen LogP contribution in [-0.4, -0.2) is 38.0 Å². The van der Waals surface area contributed by atoms with Crippen LogP contribution in [0.2, 0.25) is 0 Å². The number of hydrazine groups is 2. The van der Waals surface area contributed by atoms with E-state index < -0.39 is 59.3 Å². The quantitative estimate of drug-likeness (QED) is 0.144. The first-order valence-electron chi connectivity index (χ1n) is 8.27. The molecule has 0 spiro atoms. The van der Waals surface area contributed by atoms with Crippen LogP contribution in [0.25, 0.3) is 0 Å². The Hall–Kier alpha value is -2.46. The number of hydrogen-bond acceptors (Lipinski definition) is 8. The summed E-state index contributed by atoms with van der Waals surface area (Å²) < 4.78 is 9.77. The van der Waals surface area contributed by atoms with Crippen molar-refractivity contribution in [3.05, 3.63) is 12.2 Å². The fraction of sp³-hybridized carbons (Fsp3) is 0.625. The lowest BCUT2D eigenvalue weighted by Gasteiger charge is -2.63. The summed E-state index contributed by atoms with van der Waals surface area (Å²) in [6.45, 7) is 0. The van der Waals surface area contributed by atoms with Gasteiger partial charge in [-0.3, -0.25) is 30.0 Å². The van der Waals surface area contributed by atoms with E-state index in [1.54, 1.807) is 0 Å². The van der Waals surface area contributed by atoms with Crippen LogP contribution >= 0.6 is 0 Å². The first-order valence-corrected chi connectivity index (χ1v) is 8.27. The summed E-state index contributed by atoms with van der Waals surface area (Å²) in [6.07, 6.45) is 3.64. The van der Waals surface area contributed by atoms with Gasteiger partial charge in [0, 0.05) is 0 Å². The van der Waals surface area contributed by atoms with E-state index in [0.717, 1.165) is 0 Å². The molecule has 4 rings (SSSR count). The number of nitrogens with one attached hydrogen (secondary N) is 2. The molecule has 2 saturated carbocycles. The van der Waals surface area contributed by atoms with Gasteiger partial charge in [0.2, 0.25) is 11.8 Å². The monoisotopic (exact) mass is 366 g/mol. The molecule has 6 N–H and O–H groups in total. The van der Waals surface area contributed by atoms with Gasteiger partial charge >= 0.3 is 11.9 Å². The van der Waals surface area contributed by atoms with E-state index in [2.05, 4.69) is 10.9 Å². The zero-order valence-electron chi connectivity index (χ0n) is 14.4. The van der Waals surface area contributed by atoms with Gasteiger partial charge in [-0.15, -0.1) is 0 Å². The van der Waals surface area contributed by atoms with Crippen LogP contribution in [0.3, 0.4) is 0 Å². The molecule has 26 heavy (non-hydrogen) atoms. The zero-order valence-corrected chi connectivity index (χ0v) is 14.4. The molecule has 2 bridgehead atoms. The number of ether oxygens (including phenoxy) is 2. The van der Waals surface area contributed by atoms with Gasteiger partial charge in [-0.2, -0.15) is 0 Å². The lowest BCUT2D eigenvalue weighted by Crippen LogP contribution is -2.70. The van der Waals surface area contributed by atoms with Crippen LogP contribution in [0, 0.1) is 47.3 Å². The van der Waals surface area contributed by atoms with E-state index in [1.165, 1.54) is 14.2 Å². The van der Waals surface area contributed by atoms with Gasteiger partial charge in [-0.25, -0.2) is 11.7 Å². The van der Waals surface area contributed by atoms with Crippen LogP contribution in [0.15, 0.2) is 12.2 Å². The Balaban J connectivity index is 2.05. The topological polar surface area (TPSA) is 163 Å². The SMILES string of the molecule is COC(=O)[C@H]1[C@H]2C=C[C@@H]([C@@H]1C(=O)OC)[C@H]1[C@@H](C(=O)NN)[C@@H](C(=O)NN)[C@H]21. The highest BCUT2D eigenvalue weighted by atomic mass is 16.5. The first-order chi connectivity index (χ1) is 12.4. The normalized spacial score (nSPS) is 39.2. The van der Waals surface area contributed by atoms with Crippen molar-refractivity contribution < 1.29 is 28.7 Å². The van der Waals surface area contributed by atoms with Crippen LogP contribution in [0.4, 0.5) is 0 Å². The Kier molecular flexibility index (Phi) is 4.72. The van der Waals surface area contributed by atoms with Gasteiger partial charge in [0.05, 0.1) is 37.9 Å². The predicted octanol–water partition coefficient (Wildman–Crippen LogP) is -2.16. The molecule has 10 heteroatoms. The molecular weight excluding hydrogens is 344 g/mol. The third-order valence-corrected chi connectivity index (χ3v) is 6.16. The van der Waals surface area contributed by atoms with E-state index >= 15 is 0 Å². The lowest BCUT2D eigenvalue weighted by atomic mass is 9.39. The van der Waals surface area contributed by atoms with Crippen molar-refractivity contribution in [2.45, 2.75) is 0 Å². The van der Waals surface area contributed by atoms with E-state index in [0.29, 0.717) is 0 Å². The maximum atomic E-state index is 12.4. The fourth-order valence-corrected chi connectivity index (χ4v) is 5.26. The average molecular weight is 366 g/mol. The molecule has 8 atom stereocenters. The van der Waals surface area contributed by atoms with Crippen LogP contribution in [0.1, 0.15) is 0 Å². The minimum atomic E-state index is -0.779. The summed E-state index contributed by atoms with van der Waals surface area (Å²) in [5, 5.41) is 0. The Morgan fingerprint density at radius 3 is 1.35 bits per heavy atom. The largest absolute Gasteiger partial charge is 0.469 e. The number of carbonyl (C=O) groups excluding carboxylic acids is 4. The molecule has 0 aromatic heterocycles. The number of amides is 2.